The Labute approximate surface area is 134 Å². The van der Waals surface area contributed by atoms with Crippen LogP contribution < -0.4 is 5.56 Å². The molecule has 0 atom stereocenters. The van der Waals surface area contributed by atoms with Crippen molar-refractivity contribution in [3.63, 3.8) is 0 Å². The van der Waals surface area contributed by atoms with Gasteiger partial charge in [0.2, 0.25) is 0 Å². The lowest BCUT2D eigenvalue weighted by Crippen LogP contribution is -2.18. The van der Waals surface area contributed by atoms with Gasteiger partial charge in [0.1, 0.15) is 0 Å². The summed E-state index contributed by atoms with van der Waals surface area (Å²) in [5, 5.41) is 0. The van der Waals surface area contributed by atoms with Crippen LogP contribution in [-0.2, 0) is 13.0 Å². The van der Waals surface area contributed by atoms with Gasteiger partial charge >= 0.3 is 0 Å². The standard InChI is InChI=1S/C19H16N2O2/c22-14-18-10-17(11-20-12-18)9-15-4-6-16(7-5-15)13-21-8-2-1-3-19(21)23/h1-8,10-12,14H,9,13H2. The predicted octanol–water partition coefficient (Wildman–Crippen LogP) is 2.69. The van der Waals surface area contributed by atoms with Gasteiger partial charge in [-0.2, -0.15) is 0 Å². The minimum absolute atomic E-state index is 0.00618. The van der Waals surface area contributed by atoms with Crippen LogP contribution in [0, 0.1) is 0 Å². The number of aldehydes is 1. The number of hydrogen-bond acceptors (Lipinski definition) is 3. The molecule has 0 aliphatic rings. The third-order valence-corrected chi connectivity index (χ3v) is 3.64. The van der Waals surface area contributed by atoms with E-state index in [1.165, 1.54) is 0 Å². The van der Waals surface area contributed by atoms with Crippen molar-refractivity contribution in [2.45, 2.75) is 13.0 Å². The van der Waals surface area contributed by atoms with E-state index in [1.54, 1.807) is 35.3 Å². The van der Waals surface area contributed by atoms with Gasteiger partial charge in [0.05, 0.1) is 6.54 Å². The van der Waals surface area contributed by atoms with Gasteiger partial charge in [0.15, 0.2) is 6.29 Å². The molecule has 0 aliphatic heterocycles. The minimum atomic E-state index is -0.00618. The van der Waals surface area contributed by atoms with E-state index in [9.17, 15) is 9.59 Å². The van der Waals surface area contributed by atoms with Crippen LogP contribution in [0.2, 0.25) is 0 Å². The van der Waals surface area contributed by atoms with Crippen molar-refractivity contribution in [3.8, 4) is 0 Å². The number of pyridine rings is 2. The SMILES string of the molecule is O=Cc1cncc(Cc2ccc(Cn3ccccc3=O)cc2)c1. The highest BCUT2D eigenvalue weighted by Gasteiger charge is 2.01. The highest BCUT2D eigenvalue weighted by Crippen LogP contribution is 2.11. The Balaban J connectivity index is 1.73. The van der Waals surface area contributed by atoms with Crippen LogP contribution in [-0.4, -0.2) is 15.8 Å². The molecule has 1 aromatic carbocycles. The highest BCUT2D eigenvalue weighted by molar-refractivity contribution is 5.74. The van der Waals surface area contributed by atoms with Crippen LogP contribution in [0.3, 0.4) is 0 Å². The predicted molar refractivity (Wildman–Crippen MR) is 88.7 cm³/mol. The quantitative estimate of drug-likeness (QED) is 0.681. The Morgan fingerprint density at radius 1 is 0.957 bits per heavy atom. The fraction of sp³-hybridized carbons (Fsp3) is 0.105. The first kappa shape index (κ1) is 14.9. The van der Waals surface area contributed by atoms with Crippen molar-refractivity contribution >= 4 is 6.29 Å². The Kier molecular flexibility index (Phi) is 4.43. The number of hydrogen-bond donors (Lipinski definition) is 0. The molecular weight excluding hydrogens is 288 g/mol. The molecule has 4 heteroatoms. The lowest BCUT2D eigenvalue weighted by molar-refractivity contribution is 0.112. The number of rotatable bonds is 5. The summed E-state index contributed by atoms with van der Waals surface area (Å²) in [6, 6.07) is 15.1. The molecule has 3 aromatic rings. The number of nitrogens with zero attached hydrogens (tertiary/aromatic N) is 2. The molecule has 2 aromatic heterocycles. The zero-order valence-corrected chi connectivity index (χ0v) is 12.6. The number of benzene rings is 1. The molecule has 23 heavy (non-hydrogen) atoms. The van der Waals surface area contributed by atoms with E-state index in [0.29, 0.717) is 12.1 Å². The van der Waals surface area contributed by atoms with Crippen LogP contribution in [0.25, 0.3) is 0 Å². The maximum absolute atomic E-state index is 11.7. The van der Waals surface area contributed by atoms with E-state index >= 15 is 0 Å². The van der Waals surface area contributed by atoms with Gasteiger partial charge in [0.25, 0.3) is 5.56 Å². The molecular formula is C19H16N2O2. The lowest BCUT2D eigenvalue weighted by Gasteiger charge is -2.07. The van der Waals surface area contributed by atoms with Gasteiger partial charge in [-0.1, -0.05) is 30.3 Å². The molecule has 4 nitrogen and oxygen atoms in total. The first-order chi connectivity index (χ1) is 11.2. The van der Waals surface area contributed by atoms with E-state index in [0.717, 1.165) is 29.4 Å². The molecule has 2 heterocycles. The van der Waals surface area contributed by atoms with E-state index < -0.39 is 0 Å². The van der Waals surface area contributed by atoms with Gasteiger partial charge in [0, 0.05) is 30.2 Å². The van der Waals surface area contributed by atoms with E-state index in [2.05, 4.69) is 4.98 Å². The normalized spacial score (nSPS) is 10.4. The minimum Gasteiger partial charge on any atom is -0.311 e. The van der Waals surface area contributed by atoms with Gasteiger partial charge in [-0.05, 0) is 35.2 Å². The Morgan fingerprint density at radius 3 is 2.48 bits per heavy atom. The highest BCUT2D eigenvalue weighted by atomic mass is 16.1. The van der Waals surface area contributed by atoms with Crippen LogP contribution in [0.4, 0.5) is 0 Å². The van der Waals surface area contributed by atoms with Gasteiger partial charge in [-0.15, -0.1) is 0 Å². The number of aromatic nitrogens is 2. The molecule has 0 amide bonds. The van der Waals surface area contributed by atoms with Crippen LogP contribution in [0.1, 0.15) is 27.0 Å². The summed E-state index contributed by atoms with van der Waals surface area (Å²) in [6.45, 7) is 0.558. The number of carbonyl (C=O) groups excluding carboxylic acids is 1. The van der Waals surface area contributed by atoms with Crippen molar-refractivity contribution in [1.29, 1.82) is 0 Å². The van der Waals surface area contributed by atoms with Gasteiger partial charge in [-0.25, -0.2) is 0 Å². The maximum Gasteiger partial charge on any atom is 0.250 e. The summed E-state index contributed by atoms with van der Waals surface area (Å²) in [5.41, 5.74) is 3.79. The zero-order chi connectivity index (χ0) is 16.1. The van der Waals surface area contributed by atoms with E-state index in [1.807, 2.05) is 36.4 Å². The van der Waals surface area contributed by atoms with E-state index in [4.69, 9.17) is 0 Å². The molecule has 0 fully saturated rings. The maximum atomic E-state index is 11.7. The van der Waals surface area contributed by atoms with Crippen molar-refractivity contribution in [2.24, 2.45) is 0 Å². The lowest BCUT2D eigenvalue weighted by atomic mass is 10.0. The second-order valence-electron chi connectivity index (χ2n) is 5.40. The van der Waals surface area contributed by atoms with Crippen molar-refractivity contribution in [2.75, 3.05) is 0 Å². The smallest absolute Gasteiger partial charge is 0.250 e. The molecule has 3 rings (SSSR count). The largest absolute Gasteiger partial charge is 0.311 e. The summed E-state index contributed by atoms with van der Waals surface area (Å²) in [5.74, 6) is 0. The monoisotopic (exact) mass is 304 g/mol. The molecule has 0 N–H and O–H groups in total. The molecule has 114 valence electrons. The van der Waals surface area contributed by atoms with Crippen LogP contribution in [0.5, 0.6) is 0 Å². The fourth-order valence-corrected chi connectivity index (χ4v) is 2.46. The molecule has 0 saturated carbocycles. The second-order valence-corrected chi connectivity index (χ2v) is 5.40. The summed E-state index contributed by atoms with van der Waals surface area (Å²) >= 11 is 0. The third-order valence-electron chi connectivity index (χ3n) is 3.64. The van der Waals surface area contributed by atoms with Gasteiger partial charge in [-0.3, -0.25) is 14.6 Å². The summed E-state index contributed by atoms with van der Waals surface area (Å²) in [4.78, 5) is 26.6. The average molecular weight is 304 g/mol. The van der Waals surface area contributed by atoms with Crippen molar-refractivity contribution in [1.82, 2.24) is 9.55 Å². The second kappa shape index (κ2) is 6.83. The Hall–Kier alpha value is -3.01. The summed E-state index contributed by atoms with van der Waals surface area (Å²) < 4.78 is 1.67. The Morgan fingerprint density at radius 2 is 1.74 bits per heavy atom. The molecule has 0 unspecified atom stereocenters. The van der Waals surface area contributed by atoms with Crippen LogP contribution >= 0.6 is 0 Å². The third kappa shape index (κ3) is 3.80. The first-order valence-corrected chi connectivity index (χ1v) is 7.37. The van der Waals surface area contributed by atoms with Crippen molar-refractivity contribution < 1.29 is 4.79 Å². The van der Waals surface area contributed by atoms with E-state index in [-0.39, 0.29) is 5.56 Å². The first-order valence-electron chi connectivity index (χ1n) is 7.37. The summed E-state index contributed by atoms with van der Waals surface area (Å²) in [7, 11) is 0. The van der Waals surface area contributed by atoms with Crippen LogP contribution in [0.15, 0.2) is 71.9 Å². The molecule has 0 saturated heterocycles. The van der Waals surface area contributed by atoms with Gasteiger partial charge < -0.3 is 4.57 Å². The number of carbonyl (C=O) groups is 1. The zero-order valence-electron chi connectivity index (χ0n) is 12.6. The average Bonchev–Trinajstić information content (AvgIpc) is 2.59. The van der Waals surface area contributed by atoms with Crippen molar-refractivity contribution in [3.05, 3.63) is 99.7 Å². The Bertz CT molecular complexity index is 867. The molecule has 0 bridgehead atoms. The molecule has 0 aliphatic carbocycles. The molecule has 0 radical (unpaired) electrons. The topological polar surface area (TPSA) is 52.0 Å². The molecule has 0 spiro atoms. The summed E-state index contributed by atoms with van der Waals surface area (Å²) in [6.07, 6.45) is 6.63. The fourth-order valence-electron chi connectivity index (χ4n) is 2.46.